The van der Waals surface area contributed by atoms with Gasteiger partial charge in [0.2, 0.25) is 0 Å². The average molecular weight is 543 g/mol. The fourth-order valence-corrected chi connectivity index (χ4v) is 3.49. The van der Waals surface area contributed by atoms with Gasteiger partial charge in [-0.3, -0.25) is 0 Å². The number of carbonyl (C=O) groups is 1. The van der Waals surface area contributed by atoms with E-state index in [-0.39, 0.29) is 13.4 Å². The van der Waals surface area contributed by atoms with Crippen molar-refractivity contribution in [2.45, 2.75) is 20.8 Å². The predicted octanol–water partition coefficient (Wildman–Crippen LogP) is 5.46. The number of benzene rings is 3. The Morgan fingerprint density at radius 2 is 1.20 bits per heavy atom. The van der Waals surface area contributed by atoms with Crippen molar-refractivity contribution < 1.29 is 33.2 Å². The van der Waals surface area contributed by atoms with Crippen LogP contribution in [0.2, 0.25) is 0 Å². The van der Waals surface area contributed by atoms with Crippen molar-refractivity contribution in [2.75, 3.05) is 46.9 Å². The van der Waals surface area contributed by atoms with E-state index >= 15 is 0 Å². The fraction of sp³-hybridized carbons (Fsp3) is 0.303. The maximum atomic E-state index is 12.7. The topological polar surface area (TPSA) is 72.5 Å². The van der Waals surface area contributed by atoms with Crippen molar-refractivity contribution in [3.05, 3.63) is 88.5 Å². The predicted molar refractivity (Wildman–Crippen MR) is 153 cm³/mol. The number of methoxy groups -OCH3 is 1. The summed E-state index contributed by atoms with van der Waals surface area (Å²) in [5.74, 6) is 14.0. The molecular weight excluding hydrogens is 508 g/mol. The van der Waals surface area contributed by atoms with E-state index in [9.17, 15) is 4.79 Å². The fourth-order valence-electron chi connectivity index (χ4n) is 3.49. The number of carbonyl (C=O) groups excluding carboxylic acids is 1. The third-order valence-electron chi connectivity index (χ3n) is 5.33. The molecule has 0 bridgehead atoms. The van der Waals surface area contributed by atoms with Crippen LogP contribution in [0.3, 0.4) is 0 Å². The number of ether oxygens (including phenoxy) is 6. The smallest absolute Gasteiger partial charge is 0.338 e. The van der Waals surface area contributed by atoms with Crippen LogP contribution in [0.1, 0.15) is 53.4 Å². The molecule has 40 heavy (non-hydrogen) atoms. The van der Waals surface area contributed by atoms with Crippen molar-refractivity contribution >= 4 is 5.97 Å². The Morgan fingerprint density at radius 1 is 0.675 bits per heavy atom. The Kier molecular flexibility index (Phi) is 12.4. The van der Waals surface area contributed by atoms with Crippen LogP contribution >= 0.6 is 0 Å². The van der Waals surface area contributed by atoms with Gasteiger partial charge in [0.1, 0.15) is 11.5 Å². The molecule has 0 saturated carbocycles. The molecule has 208 valence electrons. The number of hydrogen-bond acceptors (Lipinski definition) is 7. The molecule has 0 heterocycles. The third kappa shape index (κ3) is 9.39. The highest BCUT2D eigenvalue weighted by Crippen LogP contribution is 2.27. The second-order valence-electron chi connectivity index (χ2n) is 8.20. The summed E-state index contributed by atoms with van der Waals surface area (Å²) in [7, 11) is 1.60. The summed E-state index contributed by atoms with van der Waals surface area (Å²) < 4.78 is 32.9. The minimum Gasteiger partial charge on any atom is -0.494 e. The van der Waals surface area contributed by atoms with Gasteiger partial charge in [-0.1, -0.05) is 23.7 Å². The van der Waals surface area contributed by atoms with Gasteiger partial charge < -0.3 is 28.4 Å². The van der Waals surface area contributed by atoms with Crippen LogP contribution in [-0.2, 0) is 14.2 Å². The molecule has 3 aromatic carbocycles. The zero-order valence-corrected chi connectivity index (χ0v) is 23.4. The minimum absolute atomic E-state index is 0.0441. The average Bonchev–Trinajstić information content (AvgIpc) is 2.97. The molecule has 0 amide bonds. The maximum absolute atomic E-state index is 12.7. The highest BCUT2D eigenvalue weighted by Gasteiger charge is 2.16. The number of rotatable bonds is 12. The molecule has 0 unspecified atom stereocenters. The Labute approximate surface area is 236 Å². The van der Waals surface area contributed by atoms with Gasteiger partial charge in [-0.05, 0) is 81.4 Å². The van der Waals surface area contributed by atoms with Gasteiger partial charge in [0.25, 0.3) is 0 Å². The molecule has 0 aliphatic carbocycles. The van der Waals surface area contributed by atoms with E-state index in [4.69, 9.17) is 28.4 Å². The van der Waals surface area contributed by atoms with Crippen LogP contribution in [0.4, 0.5) is 0 Å². The second kappa shape index (κ2) is 16.5. The van der Waals surface area contributed by atoms with E-state index in [1.165, 1.54) is 0 Å². The molecule has 3 aromatic rings. The first-order valence-corrected chi connectivity index (χ1v) is 13.1. The van der Waals surface area contributed by atoms with Crippen LogP contribution in [0, 0.1) is 23.7 Å². The van der Waals surface area contributed by atoms with Gasteiger partial charge in [-0.25, -0.2) is 4.79 Å². The molecule has 0 aliphatic heterocycles. The van der Waals surface area contributed by atoms with E-state index in [2.05, 4.69) is 23.7 Å². The highest BCUT2D eigenvalue weighted by molar-refractivity contribution is 5.91. The minimum atomic E-state index is -0.473. The lowest BCUT2D eigenvalue weighted by atomic mass is 10.0. The lowest BCUT2D eigenvalue weighted by molar-refractivity contribution is -0.00870. The summed E-state index contributed by atoms with van der Waals surface area (Å²) >= 11 is 0. The molecule has 0 aromatic heterocycles. The quantitative estimate of drug-likeness (QED) is 0.130. The van der Waals surface area contributed by atoms with Crippen molar-refractivity contribution in [3.63, 3.8) is 0 Å². The summed E-state index contributed by atoms with van der Waals surface area (Å²) in [6.45, 7) is 7.77. The molecule has 7 heteroatoms. The van der Waals surface area contributed by atoms with Crippen LogP contribution < -0.4 is 14.2 Å². The van der Waals surface area contributed by atoms with Gasteiger partial charge >= 0.3 is 5.97 Å². The van der Waals surface area contributed by atoms with E-state index in [1.807, 2.05) is 62.4 Å². The third-order valence-corrected chi connectivity index (χ3v) is 5.33. The normalized spacial score (nSPS) is 10.0. The van der Waals surface area contributed by atoms with Crippen LogP contribution in [0.5, 0.6) is 17.2 Å². The zero-order valence-electron chi connectivity index (χ0n) is 23.4. The van der Waals surface area contributed by atoms with Crippen LogP contribution in [-0.4, -0.2) is 52.9 Å². The molecule has 0 fully saturated rings. The van der Waals surface area contributed by atoms with E-state index in [0.717, 1.165) is 22.6 Å². The van der Waals surface area contributed by atoms with Crippen LogP contribution in [0.15, 0.2) is 60.7 Å². The van der Waals surface area contributed by atoms with Gasteiger partial charge in [0, 0.05) is 18.2 Å². The summed E-state index contributed by atoms with van der Waals surface area (Å²) in [5.41, 5.74) is 2.82. The summed E-state index contributed by atoms with van der Waals surface area (Å²) in [6, 6.07) is 18.2. The summed E-state index contributed by atoms with van der Waals surface area (Å²) in [6.07, 6.45) is 0. The number of hydrogen-bond donors (Lipinski definition) is 0. The second-order valence-corrected chi connectivity index (χ2v) is 8.20. The largest absolute Gasteiger partial charge is 0.494 e. The molecular formula is C33H34O7. The summed E-state index contributed by atoms with van der Waals surface area (Å²) in [5, 5.41) is 0. The Hall–Kier alpha value is -4.43. The first-order valence-electron chi connectivity index (χ1n) is 13.1. The molecule has 7 nitrogen and oxygen atoms in total. The van der Waals surface area contributed by atoms with Crippen LogP contribution in [0.25, 0.3) is 0 Å². The first-order chi connectivity index (χ1) is 19.6. The van der Waals surface area contributed by atoms with Crippen molar-refractivity contribution in [1.29, 1.82) is 0 Å². The zero-order chi connectivity index (χ0) is 28.6. The molecule has 0 radical (unpaired) electrons. The Balaban J connectivity index is 2.05. The Morgan fingerprint density at radius 3 is 1.65 bits per heavy atom. The van der Waals surface area contributed by atoms with Crippen molar-refractivity contribution in [3.8, 4) is 40.9 Å². The van der Waals surface area contributed by atoms with E-state index < -0.39 is 5.97 Å². The van der Waals surface area contributed by atoms with Gasteiger partial charge in [-0.15, -0.1) is 0 Å². The standard InChI is InChI=1S/C33H34O7/c1-5-37-30-16-10-25(11-17-30)8-14-27-22-29(33(34)39-7-3)23-28(32(27)40-24-36-21-20-35-4)15-9-26-12-18-31(19-13-26)38-6-2/h10-13,16-19,22-23H,5-7,20-21,24H2,1-4H3. The van der Waals surface area contributed by atoms with Crippen molar-refractivity contribution in [1.82, 2.24) is 0 Å². The SMILES string of the molecule is CCOC(=O)c1cc(C#Cc2ccc(OCC)cc2)c(OCOCCOC)c(C#Cc2ccc(OCC)cc2)c1. The monoisotopic (exact) mass is 542 g/mol. The van der Waals surface area contributed by atoms with Gasteiger partial charge in [0.15, 0.2) is 12.5 Å². The summed E-state index contributed by atoms with van der Waals surface area (Å²) in [4.78, 5) is 12.7. The van der Waals surface area contributed by atoms with Gasteiger partial charge in [-0.2, -0.15) is 0 Å². The van der Waals surface area contributed by atoms with Gasteiger partial charge in [0.05, 0.1) is 49.7 Å². The lowest BCUT2D eigenvalue weighted by Gasteiger charge is -2.13. The maximum Gasteiger partial charge on any atom is 0.338 e. The lowest BCUT2D eigenvalue weighted by Crippen LogP contribution is -2.11. The molecule has 0 N–H and O–H groups in total. The molecule has 0 aliphatic rings. The number of esters is 1. The first kappa shape index (κ1) is 30.1. The molecule has 3 rings (SSSR count). The van der Waals surface area contributed by atoms with E-state index in [1.54, 1.807) is 26.2 Å². The van der Waals surface area contributed by atoms with E-state index in [0.29, 0.717) is 48.9 Å². The Bertz CT molecular complexity index is 1270. The molecule has 0 saturated heterocycles. The molecule has 0 atom stereocenters. The molecule has 0 spiro atoms. The highest BCUT2D eigenvalue weighted by atomic mass is 16.7. The van der Waals surface area contributed by atoms with Crippen molar-refractivity contribution in [2.24, 2.45) is 0 Å².